The molecular formula is C12H14FN3. The Hall–Kier alpha value is -1.76. The third-order valence-corrected chi connectivity index (χ3v) is 2.86. The number of hydrogen-bond donors (Lipinski definition) is 1. The second kappa shape index (κ2) is 4.40. The van der Waals surface area contributed by atoms with Crippen molar-refractivity contribution in [2.24, 2.45) is 0 Å². The minimum Gasteiger partial charge on any atom is -0.397 e. The lowest BCUT2D eigenvalue weighted by Crippen LogP contribution is -2.36. The maximum Gasteiger partial charge on any atom is 0.118 e. The number of benzene rings is 1. The molecule has 1 aromatic rings. The maximum absolute atomic E-state index is 13.3. The SMILES string of the molecule is N#Cc1ccc(N2CCCC(F)C2)c(N)c1. The third kappa shape index (κ3) is 2.08. The van der Waals surface area contributed by atoms with Gasteiger partial charge >= 0.3 is 0 Å². The molecule has 1 fully saturated rings. The summed E-state index contributed by atoms with van der Waals surface area (Å²) in [6.45, 7) is 1.23. The minimum absolute atomic E-state index is 0.399. The van der Waals surface area contributed by atoms with E-state index in [1.54, 1.807) is 18.2 Å². The van der Waals surface area contributed by atoms with Gasteiger partial charge in [-0.1, -0.05) is 0 Å². The molecule has 0 radical (unpaired) electrons. The summed E-state index contributed by atoms with van der Waals surface area (Å²) in [5.41, 5.74) is 7.78. The van der Waals surface area contributed by atoms with Gasteiger partial charge in [0.05, 0.1) is 23.0 Å². The molecule has 0 aromatic heterocycles. The lowest BCUT2D eigenvalue weighted by Gasteiger charge is -2.31. The number of hydrogen-bond acceptors (Lipinski definition) is 3. The summed E-state index contributed by atoms with van der Waals surface area (Å²) < 4.78 is 13.3. The average molecular weight is 219 g/mol. The zero-order valence-electron chi connectivity index (χ0n) is 8.99. The molecule has 1 saturated heterocycles. The molecule has 4 heteroatoms. The Labute approximate surface area is 94.3 Å². The summed E-state index contributed by atoms with van der Waals surface area (Å²) in [7, 11) is 0. The molecule has 1 atom stereocenters. The van der Waals surface area contributed by atoms with Crippen molar-refractivity contribution in [1.82, 2.24) is 0 Å². The van der Waals surface area contributed by atoms with Crippen molar-refractivity contribution in [2.45, 2.75) is 19.0 Å². The number of rotatable bonds is 1. The van der Waals surface area contributed by atoms with Crippen LogP contribution in [0.5, 0.6) is 0 Å². The summed E-state index contributed by atoms with van der Waals surface area (Å²) in [5, 5.41) is 8.73. The Morgan fingerprint density at radius 2 is 2.31 bits per heavy atom. The number of nitrogens with zero attached hydrogens (tertiary/aromatic N) is 2. The van der Waals surface area contributed by atoms with Crippen LogP contribution in [0.1, 0.15) is 18.4 Å². The van der Waals surface area contributed by atoms with Gasteiger partial charge in [-0.05, 0) is 31.0 Å². The fraction of sp³-hybridized carbons (Fsp3) is 0.417. The van der Waals surface area contributed by atoms with Crippen molar-refractivity contribution >= 4 is 11.4 Å². The second-order valence-electron chi connectivity index (χ2n) is 4.07. The maximum atomic E-state index is 13.3. The number of nitrogen functional groups attached to an aromatic ring is 1. The van der Waals surface area contributed by atoms with Crippen LogP contribution in [0.2, 0.25) is 0 Å². The van der Waals surface area contributed by atoms with Gasteiger partial charge in [-0.15, -0.1) is 0 Å². The Morgan fingerprint density at radius 1 is 1.50 bits per heavy atom. The van der Waals surface area contributed by atoms with Gasteiger partial charge in [0, 0.05) is 13.1 Å². The van der Waals surface area contributed by atoms with Crippen molar-refractivity contribution in [1.29, 1.82) is 5.26 Å². The molecule has 16 heavy (non-hydrogen) atoms. The van der Waals surface area contributed by atoms with Crippen molar-refractivity contribution in [3.63, 3.8) is 0 Å². The Morgan fingerprint density at radius 3 is 2.94 bits per heavy atom. The highest BCUT2D eigenvalue weighted by molar-refractivity contribution is 5.69. The third-order valence-electron chi connectivity index (χ3n) is 2.86. The Kier molecular flexibility index (Phi) is 2.95. The summed E-state index contributed by atoms with van der Waals surface area (Å²) in [6, 6.07) is 7.18. The van der Waals surface area contributed by atoms with Crippen LogP contribution in [0.25, 0.3) is 0 Å². The van der Waals surface area contributed by atoms with Gasteiger partial charge in [-0.2, -0.15) is 5.26 Å². The van der Waals surface area contributed by atoms with E-state index in [2.05, 4.69) is 0 Å². The molecule has 1 aliphatic heterocycles. The first kappa shape index (κ1) is 10.7. The van der Waals surface area contributed by atoms with Crippen LogP contribution >= 0.6 is 0 Å². The fourth-order valence-corrected chi connectivity index (χ4v) is 2.06. The monoisotopic (exact) mass is 219 g/mol. The van der Waals surface area contributed by atoms with E-state index >= 15 is 0 Å². The molecule has 0 amide bonds. The highest BCUT2D eigenvalue weighted by atomic mass is 19.1. The number of anilines is 2. The summed E-state index contributed by atoms with van der Waals surface area (Å²) in [6.07, 6.45) is 0.705. The van der Waals surface area contributed by atoms with Gasteiger partial charge < -0.3 is 10.6 Å². The van der Waals surface area contributed by atoms with Gasteiger partial charge in [0.1, 0.15) is 6.17 Å². The van der Waals surface area contributed by atoms with E-state index in [9.17, 15) is 4.39 Å². The van der Waals surface area contributed by atoms with E-state index in [4.69, 9.17) is 11.0 Å². The zero-order chi connectivity index (χ0) is 11.5. The Balaban J connectivity index is 2.23. The molecule has 2 rings (SSSR count). The summed E-state index contributed by atoms with van der Waals surface area (Å²) in [5.74, 6) is 0. The number of piperidine rings is 1. The van der Waals surface area contributed by atoms with E-state index in [-0.39, 0.29) is 0 Å². The molecular weight excluding hydrogens is 205 g/mol. The van der Waals surface area contributed by atoms with Gasteiger partial charge in [-0.3, -0.25) is 0 Å². The predicted molar refractivity (Wildman–Crippen MR) is 61.9 cm³/mol. The minimum atomic E-state index is -0.774. The van der Waals surface area contributed by atoms with Crippen LogP contribution in [0.15, 0.2) is 18.2 Å². The molecule has 1 heterocycles. The molecule has 0 saturated carbocycles. The average Bonchev–Trinajstić information content (AvgIpc) is 2.28. The van der Waals surface area contributed by atoms with Crippen molar-refractivity contribution in [3.05, 3.63) is 23.8 Å². The van der Waals surface area contributed by atoms with Gasteiger partial charge in [0.15, 0.2) is 0 Å². The molecule has 1 aliphatic rings. The Bertz CT molecular complexity index is 425. The smallest absolute Gasteiger partial charge is 0.118 e. The van der Waals surface area contributed by atoms with E-state index < -0.39 is 6.17 Å². The molecule has 84 valence electrons. The van der Waals surface area contributed by atoms with Crippen molar-refractivity contribution in [2.75, 3.05) is 23.7 Å². The molecule has 2 N–H and O–H groups in total. The van der Waals surface area contributed by atoms with Gasteiger partial charge in [-0.25, -0.2) is 4.39 Å². The van der Waals surface area contributed by atoms with Gasteiger partial charge in [0.25, 0.3) is 0 Å². The van der Waals surface area contributed by atoms with Crippen LogP contribution < -0.4 is 10.6 Å². The second-order valence-corrected chi connectivity index (χ2v) is 4.07. The first-order valence-corrected chi connectivity index (χ1v) is 5.39. The summed E-state index contributed by atoms with van der Waals surface area (Å²) in [4.78, 5) is 1.95. The number of halogens is 1. The largest absolute Gasteiger partial charge is 0.397 e. The number of alkyl halides is 1. The normalized spacial score (nSPS) is 20.5. The van der Waals surface area contributed by atoms with Crippen molar-refractivity contribution < 1.29 is 4.39 Å². The lowest BCUT2D eigenvalue weighted by atomic mass is 10.1. The first-order valence-electron chi connectivity index (χ1n) is 5.39. The summed E-state index contributed by atoms with van der Waals surface area (Å²) >= 11 is 0. The lowest BCUT2D eigenvalue weighted by molar-refractivity contribution is 0.287. The van der Waals surface area contributed by atoms with Crippen LogP contribution in [0, 0.1) is 11.3 Å². The van der Waals surface area contributed by atoms with E-state index in [1.165, 1.54) is 0 Å². The van der Waals surface area contributed by atoms with E-state index in [0.29, 0.717) is 24.2 Å². The van der Waals surface area contributed by atoms with Crippen LogP contribution in [0.3, 0.4) is 0 Å². The number of nitriles is 1. The highest BCUT2D eigenvalue weighted by Gasteiger charge is 2.20. The zero-order valence-corrected chi connectivity index (χ0v) is 8.99. The first-order chi connectivity index (χ1) is 7.70. The van der Waals surface area contributed by atoms with Gasteiger partial charge in [0.2, 0.25) is 0 Å². The highest BCUT2D eigenvalue weighted by Crippen LogP contribution is 2.27. The van der Waals surface area contributed by atoms with Crippen molar-refractivity contribution in [3.8, 4) is 6.07 Å². The van der Waals surface area contributed by atoms with E-state index in [0.717, 1.165) is 18.7 Å². The van der Waals surface area contributed by atoms with Crippen LogP contribution in [-0.2, 0) is 0 Å². The molecule has 0 spiro atoms. The molecule has 1 unspecified atom stereocenters. The predicted octanol–water partition coefficient (Wildman–Crippen LogP) is 2.08. The number of nitrogens with two attached hydrogens (primary N) is 1. The molecule has 0 aliphatic carbocycles. The van der Waals surface area contributed by atoms with Crippen LogP contribution in [0.4, 0.5) is 15.8 Å². The quantitative estimate of drug-likeness (QED) is 0.736. The molecule has 0 bridgehead atoms. The molecule has 3 nitrogen and oxygen atoms in total. The fourth-order valence-electron chi connectivity index (χ4n) is 2.06. The topological polar surface area (TPSA) is 53.0 Å². The van der Waals surface area contributed by atoms with E-state index in [1.807, 2.05) is 11.0 Å². The standard InChI is InChI=1S/C12H14FN3/c13-10-2-1-5-16(8-10)12-4-3-9(7-14)6-11(12)15/h3-4,6,10H,1-2,5,8,15H2. The molecule has 1 aromatic carbocycles. The van der Waals surface area contributed by atoms with Crippen LogP contribution in [-0.4, -0.2) is 19.3 Å².